The number of rotatable bonds is 7. The monoisotopic (exact) mass is 428 g/mol. The number of carbonyl (C=O) groups excluding carboxylic acids is 1. The van der Waals surface area contributed by atoms with Crippen LogP contribution in [-0.2, 0) is 4.79 Å². The second-order valence-electron chi connectivity index (χ2n) is 6.30. The van der Waals surface area contributed by atoms with Crippen LogP contribution < -0.4 is 15.4 Å². The second kappa shape index (κ2) is 8.30. The maximum atomic E-state index is 12.7. The fourth-order valence-corrected chi connectivity index (χ4v) is 4.90. The van der Waals surface area contributed by atoms with Crippen molar-refractivity contribution in [2.75, 3.05) is 24.3 Å². The number of hydrogen-bond donors (Lipinski definition) is 2. The highest BCUT2D eigenvalue weighted by atomic mass is 32.2. The fraction of sp³-hybridized carbons (Fsp3) is 0.250. The van der Waals surface area contributed by atoms with Gasteiger partial charge in [0, 0.05) is 23.4 Å². The Bertz CT molecular complexity index is 1170. The molecule has 0 saturated heterocycles. The predicted octanol–water partition coefficient (Wildman–Crippen LogP) is 5.00. The van der Waals surface area contributed by atoms with E-state index in [0.717, 1.165) is 32.4 Å². The van der Waals surface area contributed by atoms with Crippen molar-refractivity contribution in [2.24, 2.45) is 0 Å². The Morgan fingerprint density at radius 1 is 1.24 bits per heavy atom. The van der Waals surface area contributed by atoms with E-state index < -0.39 is 0 Å². The summed E-state index contributed by atoms with van der Waals surface area (Å²) in [5.41, 5.74) is 2.06. The zero-order chi connectivity index (χ0) is 20.4. The number of hydrogen-bond acceptors (Lipinski definition) is 8. The van der Waals surface area contributed by atoms with Crippen LogP contribution in [0.1, 0.15) is 13.8 Å². The fourth-order valence-electron chi connectivity index (χ4n) is 2.94. The Kier molecular flexibility index (Phi) is 5.59. The molecule has 150 valence electrons. The van der Waals surface area contributed by atoms with Crippen LogP contribution in [0.15, 0.2) is 45.2 Å². The van der Waals surface area contributed by atoms with E-state index in [1.54, 1.807) is 13.2 Å². The van der Waals surface area contributed by atoms with Crippen molar-refractivity contribution < 1.29 is 13.9 Å². The number of thioether (sulfide) groups is 1. The van der Waals surface area contributed by atoms with Crippen LogP contribution in [0.4, 0.5) is 10.8 Å². The van der Waals surface area contributed by atoms with Gasteiger partial charge in [-0.1, -0.05) is 41.3 Å². The molecule has 1 unspecified atom stereocenters. The lowest BCUT2D eigenvalue weighted by atomic mass is 10.1. The molecule has 1 atom stereocenters. The van der Waals surface area contributed by atoms with E-state index in [1.807, 2.05) is 44.2 Å². The van der Waals surface area contributed by atoms with Crippen LogP contribution in [0, 0.1) is 0 Å². The number of nitrogens with one attached hydrogen (secondary N) is 2. The molecule has 0 bridgehead atoms. The van der Waals surface area contributed by atoms with E-state index in [1.165, 1.54) is 23.1 Å². The summed E-state index contributed by atoms with van der Waals surface area (Å²) in [4.78, 5) is 12.7. The van der Waals surface area contributed by atoms with Crippen molar-refractivity contribution in [3.05, 3.63) is 36.4 Å². The van der Waals surface area contributed by atoms with Crippen molar-refractivity contribution in [1.82, 2.24) is 10.2 Å². The number of nitrogens with zero attached hydrogens (tertiary/aromatic N) is 2. The number of amides is 1. The van der Waals surface area contributed by atoms with E-state index in [2.05, 4.69) is 20.8 Å². The molecular weight excluding hydrogens is 408 g/mol. The number of fused-ring (bicyclic) bond motifs is 3. The molecule has 2 heterocycles. The van der Waals surface area contributed by atoms with Gasteiger partial charge in [-0.2, -0.15) is 0 Å². The van der Waals surface area contributed by atoms with Crippen LogP contribution in [0.3, 0.4) is 0 Å². The number of anilines is 2. The van der Waals surface area contributed by atoms with Crippen molar-refractivity contribution in [1.29, 1.82) is 0 Å². The van der Waals surface area contributed by atoms with Gasteiger partial charge in [0.2, 0.25) is 11.0 Å². The van der Waals surface area contributed by atoms with E-state index in [0.29, 0.717) is 17.0 Å². The molecule has 4 aromatic rings. The number of aromatic nitrogens is 2. The Hall–Kier alpha value is -2.78. The first kappa shape index (κ1) is 19.5. The first-order chi connectivity index (χ1) is 14.1. The summed E-state index contributed by atoms with van der Waals surface area (Å²) in [7, 11) is 1.58. The highest BCUT2D eigenvalue weighted by Crippen LogP contribution is 2.37. The summed E-state index contributed by atoms with van der Waals surface area (Å²) >= 11 is 2.80. The van der Waals surface area contributed by atoms with Gasteiger partial charge in [-0.25, -0.2) is 0 Å². The van der Waals surface area contributed by atoms with Gasteiger partial charge in [-0.3, -0.25) is 4.79 Å². The molecule has 0 fully saturated rings. The van der Waals surface area contributed by atoms with Gasteiger partial charge < -0.3 is 19.8 Å². The zero-order valence-corrected chi connectivity index (χ0v) is 17.8. The van der Waals surface area contributed by atoms with Crippen molar-refractivity contribution in [3.8, 4) is 5.75 Å². The molecule has 4 rings (SSSR count). The Labute approximate surface area is 175 Å². The second-order valence-corrected chi connectivity index (χ2v) is 8.87. The number of methoxy groups -OCH3 is 1. The normalized spacial score (nSPS) is 12.2. The molecule has 7 nitrogen and oxygen atoms in total. The quantitative estimate of drug-likeness (QED) is 0.401. The third kappa shape index (κ3) is 4.01. The lowest BCUT2D eigenvalue weighted by molar-refractivity contribution is -0.115. The van der Waals surface area contributed by atoms with Crippen molar-refractivity contribution in [2.45, 2.75) is 23.4 Å². The lowest BCUT2D eigenvalue weighted by Gasteiger charge is -2.13. The Morgan fingerprint density at radius 2 is 2.07 bits per heavy atom. The maximum Gasteiger partial charge on any atom is 0.237 e. The largest absolute Gasteiger partial charge is 0.495 e. The maximum absolute atomic E-state index is 12.7. The van der Waals surface area contributed by atoms with Gasteiger partial charge in [0.15, 0.2) is 4.34 Å². The van der Waals surface area contributed by atoms with Gasteiger partial charge in [0.1, 0.15) is 16.9 Å². The first-order valence-electron chi connectivity index (χ1n) is 9.13. The topological polar surface area (TPSA) is 89.3 Å². The van der Waals surface area contributed by atoms with Crippen molar-refractivity contribution in [3.63, 3.8) is 0 Å². The first-order valence-corrected chi connectivity index (χ1v) is 10.8. The summed E-state index contributed by atoms with van der Waals surface area (Å²) in [6.07, 6.45) is 0. The highest BCUT2D eigenvalue weighted by Gasteiger charge is 2.20. The molecule has 0 aliphatic carbocycles. The SMILES string of the molecule is CCNc1nnc(SC(C)C(=O)Nc2cc3oc4ccccc4c3cc2OC)s1. The van der Waals surface area contributed by atoms with Crippen LogP contribution in [0.25, 0.3) is 21.9 Å². The predicted molar refractivity (Wildman–Crippen MR) is 118 cm³/mol. The molecule has 29 heavy (non-hydrogen) atoms. The molecule has 0 saturated carbocycles. The number of para-hydroxylation sites is 1. The van der Waals surface area contributed by atoms with Gasteiger partial charge in [0.25, 0.3) is 0 Å². The van der Waals surface area contributed by atoms with Crippen LogP contribution >= 0.6 is 23.1 Å². The molecule has 0 spiro atoms. The summed E-state index contributed by atoms with van der Waals surface area (Å²) in [6, 6.07) is 11.5. The van der Waals surface area contributed by atoms with Gasteiger partial charge >= 0.3 is 0 Å². The average Bonchev–Trinajstić information content (AvgIpc) is 3.31. The smallest absolute Gasteiger partial charge is 0.237 e. The van der Waals surface area contributed by atoms with Crippen LogP contribution in [-0.4, -0.2) is 35.0 Å². The molecule has 1 amide bonds. The van der Waals surface area contributed by atoms with Crippen LogP contribution in [0.5, 0.6) is 5.75 Å². The Balaban J connectivity index is 1.55. The molecule has 2 aromatic heterocycles. The number of carbonyl (C=O) groups is 1. The van der Waals surface area contributed by atoms with Gasteiger partial charge in [0.05, 0.1) is 18.0 Å². The molecule has 2 aromatic carbocycles. The van der Waals surface area contributed by atoms with E-state index in [9.17, 15) is 4.79 Å². The summed E-state index contributed by atoms with van der Waals surface area (Å²) in [5, 5.41) is 16.6. The number of furan rings is 1. The third-order valence-electron chi connectivity index (χ3n) is 4.34. The zero-order valence-electron chi connectivity index (χ0n) is 16.2. The van der Waals surface area contributed by atoms with E-state index in [4.69, 9.17) is 9.15 Å². The third-order valence-corrected chi connectivity index (χ3v) is 6.40. The molecule has 0 aliphatic rings. The van der Waals surface area contributed by atoms with E-state index in [-0.39, 0.29) is 11.2 Å². The minimum atomic E-state index is -0.353. The molecule has 2 N–H and O–H groups in total. The molecule has 9 heteroatoms. The van der Waals surface area contributed by atoms with Crippen molar-refractivity contribution >= 4 is 61.8 Å². The molecular formula is C20H20N4O3S2. The minimum Gasteiger partial charge on any atom is -0.495 e. The number of ether oxygens (including phenoxy) is 1. The van der Waals surface area contributed by atoms with Crippen LogP contribution in [0.2, 0.25) is 0 Å². The molecule has 0 aliphatic heterocycles. The van der Waals surface area contributed by atoms with Gasteiger partial charge in [-0.15, -0.1) is 10.2 Å². The summed E-state index contributed by atoms with van der Waals surface area (Å²) < 4.78 is 12.2. The standard InChI is InChI=1S/C20H20N4O3S2/c1-4-21-19-23-24-20(29-19)28-11(2)18(25)22-14-10-16-13(9-17(14)26-3)12-7-5-6-8-15(12)27-16/h5-11H,4H2,1-3H3,(H,21,23)(H,22,25). The lowest BCUT2D eigenvalue weighted by Crippen LogP contribution is -2.22. The average molecular weight is 429 g/mol. The highest BCUT2D eigenvalue weighted by molar-refractivity contribution is 8.02. The Morgan fingerprint density at radius 3 is 2.86 bits per heavy atom. The van der Waals surface area contributed by atoms with E-state index >= 15 is 0 Å². The summed E-state index contributed by atoms with van der Waals surface area (Å²) in [6.45, 7) is 4.61. The molecule has 0 radical (unpaired) electrons. The minimum absolute atomic E-state index is 0.149. The van der Waals surface area contributed by atoms with Gasteiger partial charge in [-0.05, 0) is 26.0 Å². The number of benzene rings is 2. The summed E-state index contributed by atoms with van der Waals surface area (Å²) in [5.74, 6) is 0.434.